The van der Waals surface area contributed by atoms with E-state index in [2.05, 4.69) is 20.9 Å². The number of likely N-dealkylation sites (N-methyl/N-ethyl adjacent to an activating group) is 1. The number of urea groups is 1. The van der Waals surface area contributed by atoms with Crippen molar-refractivity contribution in [1.82, 2.24) is 15.2 Å². The highest BCUT2D eigenvalue weighted by Gasteiger charge is 2.34. The molecule has 0 radical (unpaired) electrons. The zero-order valence-electron chi connectivity index (χ0n) is 20.6. The van der Waals surface area contributed by atoms with Crippen molar-refractivity contribution in [3.8, 4) is 17.2 Å². The van der Waals surface area contributed by atoms with Crippen molar-refractivity contribution in [1.29, 1.82) is 0 Å². The number of carbonyl (C=O) groups is 2. The van der Waals surface area contributed by atoms with Crippen molar-refractivity contribution >= 4 is 34.9 Å². The lowest BCUT2D eigenvalue weighted by molar-refractivity contribution is -0.137. The lowest BCUT2D eigenvalue weighted by Gasteiger charge is -2.18. The highest BCUT2D eigenvalue weighted by Crippen LogP contribution is 2.40. The summed E-state index contributed by atoms with van der Waals surface area (Å²) in [6.07, 6.45) is -3.29. The normalized spacial score (nSPS) is 11.2. The van der Waals surface area contributed by atoms with Crippen LogP contribution in [0.1, 0.15) is 16.1 Å². The van der Waals surface area contributed by atoms with E-state index in [1.165, 1.54) is 31.4 Å². The van der Waals surface area contributed by atoms with Gasteiger partial charge in [-0.15, -0.1) is 0 Å². The van der Waals surface area contributed by atoms with Crippen molar-refractivity contribution in [2.75, 3.05) is 44.9 Å². The number of ether oxygens (including phenoxy) is 2. The lowest BCUT2D eigenvalue weighted by atomic mass is 10.1. The number of hydrogen-bond donors (Lipinski definition) is 3. The van der Waals surface area contributed by atoms with Crippen molar-refractivity contribution < 1.29 is 32.2 Å². The Morgan fingerprint density at radius 2 is 1.74 bits per heavy atom. The Balaban J connectivity index is 1.70. The van der Waals surface area contributed by atoms with Crippen molar-refractivity contribution in [3.05, 3.63) is 71.0 Å². The number of hydrogen-bond acceptors (Lipinski definition) is 6. The molecule has 202 valence electrons. The quantitative estimate of drug-likeness (QED) is 0.325. The molecule has 0 unspecified atom stereocenters. The minimum absolute atomic E-state index is 0.00257. The number of amides is 3. The number of aromatic nitrogens is 1. The zero-order valence-corrected chi connectivity index (χ0v) is 21.4. The van der Waals surface area contributed by atoms with Gasteiger partial charge in [0.2, 0.25) is 0 Å². The molecular formula is C25H25ClF3N5O4. The molecule has 3 rings (SSSR count). The number of nitrogens with one attached hydrogen (secondary N) is 3. The van der Waals surface area contributed by atoms with E-state index >= 15 is 0 Å². The lowest BCUT2D eigenvalue weighted by Crippen LogP contribution is -2.22. The van der Waals surface area contributed by atoms with Crippen LogP contribution in [0.25, 0.3) is 0 Å². The number of anilines is 2. The molecule has 3 amide bonds. The van der Waals surface area contributed by atoms with Crippen LogP contribution in [0.15, 0.2) is 54.7 Å². The summed E-state index contributed by atoms with van der Waals surface area (Å²) < 4.78 is 51.4. The van der Waals surface area contributed by atoms with Crippen LogP contribution < -0.4 is 25.4 Å². The topological polar surface area (TPSA) is 105 Å². The minimum atomic E-state index is -4.72. The van der Waals surface area contributed by atoms with Crippen LogP contribution in [0.3, 0.4) is 0 Å². The Bertz CT molecular complexity index is 1290. The van der Waals surface area contributed by atoms with Gasteiger partial charge in [0.1, 0.15) is 29.5 Å². The van der Waals surface area contributed by atoms with Gasteiger partial charge in [0, 0.05) is 37.6 Å². The van der Waals surface area contributed by atoms with E-state index in [9.17, 15) is 22.8 Å². The molecule has 2 aromatic carbocycles. The smallest absolute Gasteiger partial charge is 0.417 e. The summed E-state index contributed by atoms with van der Waals surface area (Å²) in [7, 11) is 5.11. The summed E-state index contributed by atoms with van der Waals surface area (Å²) >= 11 is 5.82. The van der Waals surface area contributed by atoms with Crippen LogP contribution in [-0.4, -0.2) is 56.1 Å². The molecule has 3 aromatic rings. The third-order valence-electron chi connectivity index (χ3n) is 4.96. The molecule has 9 nitrogen and oxygen atoms in total. The van der Waals surface area contributed by atoms with Gasteiger partial charge in [0.05, 0.1) is 16.3 Å². The molecule has 3 N–H and O–H groups in total. The largest absolute Gasteiger partial charge is 0.490 e. The molecule has 0 fully saturated rings. The van der Waals surface area contributed by atoms with Gasteiger partial charge in [-0.3, -0.25) is 9.78 Å². The molecule has 0 bridgehead atoms. The fourth-order valence-corrected chi connectivity index (χ4v) is 3.34. The Kier molecular flexibility index (Phi) is 9.37. The summed E-state index contributed by atoms with van der Waals surface area (Å²) in [5.41, 5.74) is -0.772. The van der Waals surface area contributed by atoms with E-state index in [1.807, 2.05) is 19.0 Å². The Labute approximate surface area is 221 Å². The fourth-order valence-electron chi connectivity index (χ4n) is 3.08. The summed E-state index contributed by atoms with van der Waals surface area (Å²) in [5, 5.41) is 6.86. The number of halogens is 4. The second-order valence-corrected chi connectivity index (χ2v) is 8.55. The number of benzene rings is 2. The first-order valence-electron chi connectivity index (χ1n) is 11.2. The summed E-state index contributed by atoms with van der Waals surface area (Å²) in [4.78, 5) is 30.1. The minimum Gasteiger partial charge on any atom is -0.490 e. The Morgan fingerprint density at radius 1 is 1.03 bits per heavy atom. The second-order valence-electron chi connectivity index (χ2n) is 8.14. The first-order valence-corrected chi connectivity index (χ1v) is 11.6. The van der Waals surface area contributed by atoms with Crippen molar-refractivity contribution in [2.24, 2.45) is 0 Å². The molecule has 1 heterocycles. The summed E-state index contributed by atoms with van der Waals surface area (Å²) in [6, 6.07) is 10.2. The summed E-state index contributed by atoms with van der Waals surface area (Å²) in [6.45, 7) is 0.653. The average Bonchev–Trinajstić information content (AvgIpc) is 2.85. The maximum absolute atomic E-state index is 13.4. The van der Waals surface area contributed by atoms with Crippen molar-refractivity contribution in [2.45, 2.75) is 6.18 Å². The molecule has 0 aliphatic carbocycles. The third kappa shape index (κ3) is 7.98. The van der Waals surface area contributed by atoms with E-state index < -0.39 is 22.8 Å². The standard InChI is InChI=1S/C25H25ClF3N5O4/c1-30-23(35)21-12-17(8-9-31-21)38-16-6-4-15(5-7-16)32-24(36)33-20-13-18(25(27,28)29)19(26)14-22(20)37-11-10-34(2)3/h4-9,12-14H,10-11H2,1-3H3,(H,30,35)(H2,32,33,36). The van der Waals surface area contributed by atoms with Gasteiger partial charge in [-0.05, 0) is 50.5 Å². The van der Waals surface area contributed by atoms with Gasteiger partial charge in [-0.25, -0.2) is 4.79 Å². The SMILES string of the molecule is CNC(=O)c1cc(Oc2ccc(NC(=O)Nc3cc(C(F)(F)F)c(Cl)cc3OCCN(C)C)cc2)ccn1. The predicted octanol–water partition coefficient (Wildman–Crippen LogP) is 5.49. The van der Waals surface area contributed by atoms with E-state index in [4.69, 9.17) is 21.1 Å². The molecular weight excluding hydrogens is 527 g/mol. The number of nitrogens with zero attached hydrogens (tertiary/aromatic N) is 2. The molecule has 1 aromatic heterocycles. The molecule has 0 aliphatic heterocycles. The van der Waals surface area contributed by atoms with Gasteiger partial charge in [-0.2, -0.15) is 13.2 Å². The molecule has 0 aliphatic rings. The van der Waals surface area contributed by atoms with Crippen LogP contribution in [0.5, 0.6) is 17.2 Å². The second kappa shape index (κ2) is 12.5. The van der Waals surface area contributed by atoms with Crippen LogP contribution in [0.4, 0.5) is 29.3 Å². The van der Waals surface area contributed by atoms with Gasteiger partial charge < -0.3 is 30.3 Å². The number of pyridine rings is 1. The van der Waals surface area contributed by atoms with Crippen molar-refractivity contribution in [3.63, 3.8) is 0 Å². The first kappa shape index (κ1) is 28.5. The first-order chi connectivity index (χ1) is 18.0. The maximum Gasteiger partial charge on any atom is 0.417 e. The number of alkyl halides is 3. The average molecular weight is 552 g/mol. The van der Waals surface area contributed by atoms with Gasteiger partial charge in [0.25, 0.3) is 5.91 Å². The van der Waals surface area contributed by atoms with Crippen LogP contribution in [0.2, 0.25) is 5.02 Å². The zero-order chi connectivity index (χ0) is 27.9. The van der Waals surface area contributed by atoms with Crippen LogP contribution >= 0.6 is 11.6 Å². The monoisotopic (exact) mass is 551 g/mol. The van der Waals surface area contributed by atoms with E-state index in [0.29, 0.717) is 23.7 Å². The Hall–Kier alpha value is -4.03. The summed E-state index contributed by atoms with van der Waals surface area (Å²) in [5.74, 6) is 0.420. The van der Waals surface area contributed by atoms with Gasteiger partial charge >= 0.3 is 12.2 Å². The molecule has 0 spiro atoms. The molecule has 0 saturated carbocycles. The Morgan fingerprint density at radius 3 is 2.37 bits per heavy atom. The molecule has 13 heteroatoms. The van der Waals surface area contributed by atoms with Crippen LogP contribution in [-0.2, 0) is 6.18 Å². The molecule has 38 heavy (non-hydrogen) atoms. The van der Waals surface area contributed by atoms with E-state index in [0.717, 1.165) is 12.1 Å². The molecule has 0 atom stereocenters. The fraction of sp³-hybridized carbons (Fsp3) is 0.240. The molecule has 0 saturated heterocycles. The number of rotatable bonds is 9. The van der Waals surface area contributed by atoms with Gasteiger partial charge in [0.15, 0.2) is 0 Å². The van der Waals surface area contributed by atoms with E-state index in [1.54, 1.807) is 18.2 Å². The number of carbonyl (C=O) groups excluding carboxylic acids is 2. The van der Waals surface area contributed by atoms with E-state index in [-0.39, 0.29) is 29.6 Å². The third-order valence-corrected chi connectivity index (χ3v) is 5.27. The van der Waals surface area contributed by atoms with Gasteiger partial charge in [-0.1, -0.05) is 11.6 Å². The maximum atomic E-state index is 13.4. The highest BCUT2D eigenvalue weighted by atomic mass is 35.5. The van der Waals surface area contributed by atoms with Crippen LogP contribution in [0, 0.1) is 0 Å². The highest BCUT2D eigenvalue weighted by molar-refractivity contribution is 6.31. The predicted molar refractivity (Wildman–Crippen MR) is 137 cm³/mol.